The molecule has 0 bridgehead atoms. The van der Waals surface area contributed by atoms with Crippen LogP contribution in [-0.2, 0) is 6.42 Å². The van der Waals surface area contributed by atoms with Crippen LogP contribution in [0.1, 0.15) is 17.2 Å². The van der Waals surface area contributed by atoms with Crippen LogP contribution in [0.15, 0.2) is 36.4 Å². The van der Waals surface area contributed by atoms with Crippen LogP contribution in [0.3, 0.4) is 0 Å². The number of aliphatic hydroxyl groups excluding tert-OH is 1. The van der Waals surface area contributed by atoms with Gasteiger partial charge in [-0.15, -0.1) is 0 Å². The molecule has 1 aliphatic heterocycles. The van der Waals surface area contributed by atoms with E-state index >= 15 is 0 Å². The number of phenolic OH excluding ortho intramolecular Hbond substituents is 3. The van der Waals surface area contributed by atoms with Crippen molar-refractivity contribution in [2.45, 2.75) is 18.6 Å². The van der Waals surface area contributed by atoms with Gasteiger partial charge in [-0.05, 0) is 17.7 Å². The van der Waals surface area contributed by atoms with Crippen molar-refractivity contribution in [3.8, 4) is 23.0 Å². The van der Waals surface area contributed by atoms with Crippen molar-refractivity contribution in [1.82, 2.24) is 0 Å². The van der Waals surface area contributed by atoms with Crippen LogP contribution < -0.4 is 4.74 Å². The number of hydrogen-bond acceptors (Lipinski definition) is 5. The van der Waals surface area contributed by atoms with E-state index in [9.17, 15) is 20.4 Å². The molecule has 1 heterocycles. The lowest BCUT2D eigenvalue weighted by Gasteiger charge is -2.31. The first-order chi connectivity index (χ1) is 9.54. The van der Waals surface area contributed by atoms with Crippen LogP contribution in [0.5, 0.6) is 23.0 Å². The van der Waals surface area contributed by atoms with E-state index in [1.54, 1.807) is 12.1 Å². The summed E-state index contributed by atoms with van der Waals surface area (Å²) in [6.07, 6.45) is -1.20. The average molecular weight is 274 g/mol. The molecule has 5 nitrogen and oxygen atoms in total. The summed E-state index contributed by atoms with van der Waals surface area (Å²) in [5, 5.41) is 38.7. The Morgan fingerprint density at radius 1 is 0.950 bits per heavy atom. The minimum Gasteiger partial charge on any atom is -0.508 e. The second-order valence-corrected chi connectivity index (χ2v) is 4.84. The summed E-state index contributed by atoms with van der Waals surface area (Å²) < 4.78 is 5.68. The third kappa shape index (κ3) is 2.12. The Bertz CT molecular complexity index is 635. The lowest BCUT2D eigenvalue weighted by molar-refractivity contribution is 0.0198. The molecule has 1 unspecified atom stereocenters. The zero-order chi connectivity index (χ0) is 14.3. The highest BCUT2D eigenvalue weighted by molar-refractivity contribution is 5.51. The molecule has 4 N–H and O–H groups in total. The molecule has 0 amide bonds. The lowest BCUT2D eigenvalue weighted by Crippen LogP contribution is -2.30. The van der Waals surface area contributed by atoms with E-state index in [-0.39, 0.29) is 23.7 Å². The number of ether oxygens (including phenoxy) is 1. The maximum atomic E-state index is 10.2. The van der Waals surface area contributed by atoms with Crippen molar-refractivity contribution in [2.75, 3.05) is 0 Å². The summed E-state index contributed by atoms with van der Waals surface area (Å²) in [7, 11) is 0. The van der Waals surface area contributed by atoms with E-state index in [1.807, 2.05) is 0 Å². The van der Waals surface area contributed by atoms with Gasteiger partial charge in [0.15, 0.2) is 0 Å². The molecule has 0 radical (unpaired) electrons. The number of phenols is 3. The summed E-state index contributed by atoms with van der Waals surface area (Å²) in [6.45, 7) is 0. The van der Waals surface area contributed by atoms with Crippen LogP contribution in [0.25, 0.3) is 0 Å². The third-order valence-electron chi connectivity index (χ3n) is 3.41. The van der Waals surface area contributed by atoms with Crippen molar-refractivity contribution in [1.29, 1.82) is 0 Å². The second-order valence-electron chi connectivity index (χ2n) is 4.84. The monoisotopic (exact) mass is 274 g/mol. The standard InChI is InChI=1S/C15H14O5/c16-9-3-1-8(2-4-9)15-13(19)7-11-12(18)5-10(17)6-14(11)20-15/h1-6,13,15-19H,7H2/t13?,15-/m1/s1. The van der Waals surface area contributed by atoms with Crippen LogP contribution in [-0.4, -0.2) is 26.5 Å². The number of benzene rings is 2. The Morgan fingerprint density at radius 2 is 1.65 bits per heavy atom. The van der Waals surface area contributed by atoms with Crippen molar-refractivity contribution < 1.29 is 25.2 Å². The number of fused-ring (bicyclic) bond motifs is 1. The number of aliphatic hydroxyl groups is 1. The fourth-order valence-electron chi connectivity index (χ4n) is 2.41. The molecule has 3 rings (SSSR count). The van der Waals surface area contributed by atoms with E-state index in [2.05, 4.69) is 0 Å². The van der Waals surface area contributed by atoms with E-state index in [0.717, 1.165) is 0 Å². The van der Waals surface area contributed by atoms with Gasteiger partial charge in [0.2, 0.25) is 0 Å². The highest BCUT2D eigenvalue weighted by Crippen LogP contribution is 2.41. The predicted octanol–water partition coefficient (Wildman–Crippen LogP) is 1.84. The Hall–Kier alpha value is -2.40. The van der Waals surface area contributed by atoms with Gasteiger partial charge < -0.3 is 25.2 Å². The van der Waals surface area contributed by atoms with Crippen LogP contribution in [0.4, 0.5) is 0 Å². The molecule has 20 heavy (non-hydrogen) atoms. The molecular weight excluding hydrogens is 260 g/mol. The number of hydrogen-bond donors (Lipinski definition) is 4. The van der Waals surface area contributed by atoms with E-state index < -0.39 is 12.2 Å². The van der Waals surface area contributed by atoms with Crippen molar-refractivity contribution in [3.63, 3.8) is 0 Å². The van der Waals surface area contributed by atoms with Gasteiger partial charge in [-0.2, -0.15) is 0 Å². The molecule has 0 aliphatic carbocycles. The molecule has 0 aromatic heterocycles. The summed E-state index contributed by atoms with van der Waals surface area (Å²) >= 11 is 0. The third-order valence-corrected chi connectivity index (χ3v) is 3.41. The average Bonchev–Trinajstić information content (AvgIpc) is 2.40. The van der Waals surface area contributed by atoms with Crippen molar-refractivity contribution in [3.05, 3.63) is 47.5 Å². The molecule has 2 atom stereocenters. The fraction of sp³-hybridized carbons (Fsp3) is 0.200. The van der Waals surface area contributed by atoms with Crippen molar-refractivity contribution >= 4 is 0 Å². The van der Waals surface area contributed by atoms with Gasteiger partial charge >= 0.3 is 0 Å². The van der Waals surface area contributed by atoms with Crippen LogP contribution >= 0.6 is 0 Å². The molecule has 5 heteroatoms. The largest absolute Gasteiger partial charge is 0.508 e. The first-order valence-electron chi connectivity index (χ1n) is 6.23. The Labute approximate surface area is 115 Å². The maximum Gasteiger partial charge on any atom is 0.150 e. The highest BCUT2D eigenvalue weighted by atomic mass is 16.5. The molecule has 0 spiro atoms. The van der Waals surface area contributed by atoms with Gasteiger partial charge in [-0.1, -0.05) is 12.1 Å². The first-order valence-corrected chi connectivity index (χ1v) is 6.23. The number of rotatable bonds is 1. The van der Waals surface area contributed by atoms with Crippen molar-refractivity contribution in [2.24, 2.45) is 0 Å². The molecule has 1 aliphatic rings. The smallest absolute Gasteiger partial charge is 0.150 e. The van der Waals surface area contributed by atoms with E-state index in [4.69, 9.17) is 4.74 Å². The summed E-state index contributed by atoms with van der Waals surface area (Å²) in [5.41, 5.74) is 1.19. The number of aromatic hydroxyl groups is 3. The van der Waals surface area contributed by atoms with E-state index in [1.165, 1.54) is 24.3 Å². The normalized spacial score (nSPS) is 21.1. The van der Waals surface area contributed by atoms with Gasteiger partial charge in [-0.3, -0.25) is 0 Å². The maximum absolute atomic E-state index is 10.2. The quantitative estimate of drug-likeness (QED) is 0.637. The molecule has 0 fully saturated rings. The highest BCUT2D eigenvalue weighted by Gasteiger charge is 2.31. The summed E-state index contributed by atoms with van der Waals surface area (Å²) in [5.74, 6) is 0.297. The van der Waals surface area contributed by atoms with E-state index in [0.29, 0.717) is 16.9 Å². The van der Waals surface area contributed by atoms with Gasteiger partial charge in [-0.25, -0.2) is 0 Å². The molecule has 2 aromatic rings. The Morgan fingerprint density at radius 3 is 2.35 bits per heavy atom. The molecule has 104 valence electrons. The summed E-state index contributed by atoms with van der Waals surface area (Å²) in [6, 6.07) is 8.99. The SMILES string of the molecule is Oc1ccc([C@H]2Oc3cc(O)cc(O)c3CC2O)cc1. The molecule has 0 saturated heterocycles. The lowest BCUT2D eigenvalue weighted by atomic mass is 9.94. The Balaban J connectivity index is 1.98. The Kier molecular flexibility index (Phi) is 2.91. The van der Waals surface area contributed by atoms with Gasteiger partial charge in [0.05, 0.1) is 6.10 Å². The second kappa shape index (κ2) is 4.61. The predicted molar refractivity (Wildman–Crippen MR) is 71.0 cm³/mol. The molecule has 2 aromatic carbocycles. The minimum absolute atomic E-state index is 0.0943. The molecule has 0 saturated carbocycles. The van der Waals surface area contributed by atoms with Crippen LogP contribution in [0, 0.1) is 0 Å². The van der Waals surface area contributed by atoms with Gasteiger partial charge in [0.25, 0.3) is 0 Å². The van der Waals surface area contributed by atoms with Crippen LogP contribution in [0.2, 0.25) is 0 Å². The zero-order valence-corrected chi connectivity index (χ0v) is 10.5. The zero-order valence-electron chi connectivity index (χ0n) is 10.5. The van der Waals surface area contributed by atoms with Gasteiger partial charge in [0.1, 0.15) is 29.1 Å². The van der Waals surface area contributed by atoms with Gasteiger partial charge in [0, 0.05) is 24.1 Å². The summed E-state index contributed by atoms with van der Waals surface area (Å²) in [4.78, 5) is 0. The topological polar surface area (TPSA) is 90.2 Å². The fourth-order valence-corrected chi connectivity index (χ4v) is 2.41. The minimum atomic E-state index is -0.817. The first kappa shape index (κ1) is 12.6. The molecular formula is C15H14O5.